The normalized spacial score (nSPS) is 10.2. The third-order valence-corrected chi connectivity index (χ3v) is 4.05. The monoisotopic (exact) mass is 309 g/mol. The zero-order valence-corrected chi connectivity index (χ0v) is 13.7. The van der Waals surface area contributed by atoms with Crippen LogP contribution in [0.1, 0.15) is 30.9 Å². The maximum absolute atomic E-state index is 11.7. The molecule has 0 radical (unpaired) electrons. The van der Waals surface area contributed by atoms with Crippen molar-refractivity contribution in [2.75, 3.05) is 18.9 Å². The van der Waals surface area contributed by atoms with Crippen LogP contribution in [0.3, 0.4) is 0 Å². The fourth-order valence-corrected chi connectivity index (χ4v) is 2.69. The standard InChI is InChI=1S/C16H23NO3S/c1-4-20-16(19)6-5-9-17-15(18)11-21-14-8-7-12(2)10-13(14)3/h7-8,10H,4-6,9,11H2,1-3H3,(H,17,18). The Hall–Kier alpha value is -1.49. The number of carbonyl (C=O) groups is 2. The highest BCUT2D eigenvalue weighted by molar-refractivity contribution is 8.00. The van der Waals surface area contributed by atoms with Gasteiger partial charge in [-0.2, -0.15) is 0 Å². The summed E-state index contributed by atoms with van der Waals surface area (Å²) in [5.74, 6) is 0.170. The fourth-order valence-electron chi connectivity index (χ4n) is 1.85. The van der Waals surface area contributed by atoms with Gasteiger partial charge in [-0.3, -0.25) is 9.59 Å². The molecule has 1 aromatic rings. The van der Waals surface area contributed by atoms with Crippen LogP contribution in [0.2, 0.25) is 0 Å². The molecule has 0 saturated heterocycles. The maximum atomic E-state index is 11.7. The molecule has 1 aromatic carbocycles. The summed E-state index contributed by atoms with van der Waals surface area (Å²) in [5, 5.41) is 2.81. The van der Waals surface area contributed by atoms with Gasteiger partial charge in [0.2, 0.25) is 5.91 Å². The lowest BCUT2D eigenvalue weighted by Gasteiger charge is -2.07. The highest BCUT2D eigenvalue weighted by Crippen LogP contribution is 2.22. The Kier molecular flexibility index (Phi) is 7.90. The van der Waals surface area contributed by atoms with Gasteiger partial charge in [0.05, 0.1) is 12.4 Å². The van der Waals surface area contributed by atoms with Gasteiger partial charge in [0.15, 0.2) is 0 Å². The molecule has 1 rings (SSSR count). The first kappa shape index (κ1) is 17.6. The van der Waals surface area contributed by atoms with Crippen molar-refractivity contribution in [1.29, 1.82) is 0 Å². The van der Waals surface area contributed by atoms with Gasteiger partial charge in [-0.1, -0.05) is 17.7 Å². The van der Waals surface area contributed by atoms with Crippen molar-refractivity contribution in [3.8, 4) is 0 Å². The Balaban J connectivity index is 2.21. The van der Waals surface area contributed by atoms with E-state index in [4.69, 9.17) is 4.74 Å². The maximum Gasteiger partial charge on any atom is 0.305 e. The minimum Gasteiger partial charge on any atom is -0.466 e. The van der Waals surface area contributed by atoms with Crippen LogP contribution >= 0.6 is 11.8 Å². The number of hydrogen-bond acceptors (Lipinski definition) is 4. The van der Waals surface area contributed by atoms with Crippen LogP contribution in [0.4, 0.5) is 0 Å². The van der Waals surface area contributed by atoms with Crippen LogP contribution in [0.5, 0.6) is 0 Å². The van der Waals surface area contributed by atoms with Gasteiger partial charge >= 0.3 is 5.97 Å². The minimum absolute atomic E-state index is 0.0103. The number of ether oxygens (including phenoxy) is 1. The van der Waals surface area contributed by atoms with Gasteiger partial charge in [0.1, 0.15) is 0 Å². The van der Waals surface area contributed by atoms with Crippen LogP contribution in [-0.2, 0) is 14.3 Å². The third-order valence-electron chi connectivity index (χ3n) is 2.87. The zero-order valence-electron chi connectivity index (χ0n) is 12.9. The summed E-state index contributed by atoms with van der Waals surface area (Å²) >= 11 is 1.53. The number of benzene rings is 1. The lowest BCUT2D eigenvalue weighted by atomic mass is 10.2. The SMILES string of the molecule is CCOC(=O)CCCNC(=O)CSc1ccc(C)cc1C. The van der Waals surface area contributed by atoms with Crippen LogP contribution in [0.15, 0.2) is 23.1 Å². The van der Waals surface area contributed by atoms with Crippen LogP contribution < -0.4 is 5.32 Å². The molecule has 0 bridgehead atoms. The smallest absolute Gasteiger partial charge is 0.305 e. The topological polar surface area (TPSA) is 55.4 Å². The van der Waals surface area contributed by atoms with E-state index in [2.05, 4.69) is 18.3 Å². The summed E-state index contributed by atoms with van der Waals surface area (Å²) in [6.07, 6.45) is 0.955. The van der Waals surface area contributed by atoms with Gasteiger partial charge in [0.25, 0.3) is 0 Å². The number of nitrogens with one attached hydrogen (secondary N) is 1. The van der Waals surface area contributed by atoms with Crippen molar-refractivity contribution in [2.24, 2.45) is 0 Å². The van der Waals surface area contributed by atoms with E-state index in [1.165, 1.54) is 22.9 Å². The Labute approximate surface area is 130 Å². The molecular weight excluding hydrogens is 286 g/mol. The first-order chi connectivity index (χ1) is 10.0. The molecule has 0 unspecified atom stereocenters. The summed E-state index contributed by atoms with van der Waals surface area (Å²) in [6.45, 7) is 6.79. The Bertz CT molecular complexity index is 488. The summed E-state index contributed by atoms with van der Waals surface area (Å²) in [7, 11) is 0. The van der Waals surface area contributed by atoms with Crippen molar-refractivity contribution >= 4 is 23.6 Å². The van der Waals surface area contributed by atoms with Gasteiger partial charge < -0.3 is 10.1 Å². The molecule has 1 N–H and O–H groups in total. The molecule has 0 aromatic heterocycles. The zero-order chi connectivity index (χ0) is 15.7. The van der Waals surface area contributed by atoms with Crippen molar-refractivity contribution in [2.45, 2.75) is 38.5 Å². The molecule has 0 aliphatic rings. The number of rotatable bonds is 8. The number of amides is 1. The number of esters is 1. The lowest BCUT2D eigenvalue weighted by Crippen LogP contribution is -2.26. The van der Waals surface area contributed by atoms with E-state index in [-0.39, 0.29) is 11.9 Å². The third kappa shape index (κ3) is 7.18. The molecule has 1 amide bonds. The molecular formula is C16H23NO3S. The number of aryl methyl sites for hydroxylation is 2. The summed E-state index contributed by atoms with van der Waals surface area (Å²) in [6, 6.07) is 6.20. The summed E-state index contributed by atoms with van der Waals surface area (Å²) < 4.78 is 4.82. The molecule has 0 fully saturated rings. The number of thioether (sulfide) groups is 1. The van der Waals surface area contributed by atoms with Gasteiger partial charge in [-0.15, -0.1) is 11.8 Å². The van der Waals surface area contributed by atoms with E-state index < -0.39 is 0 Å². The van der Waals surface area contributed by atoms with Crippen molar-refractivity contribution < 1.29 is 14.3 Å². The van der Waals surface area contributed by atoms with E-state index in [1.54, 1.807) is 6.92 Å². The molecule has 4 nitrogen and oxygen atoms in total. The highest BCUT2D eigenvalue weighted by Gasteiger charge is 2.06. The van der Waals surface area contributed by atoms with Crippen LogP contribution in [0, 0.1) is 13.8 Å². The predicted molar refractivity (Wildman–Crippen MR) is 85.5 cm³/mol. The van der Waals surface area contributed by atoms with Crippen molar-refractivity contribution in [1.82, 2.24) is 5.32 Å². The number of carbonyl (C=O) groups excluding carboxylic acids is 2. The highest BCUT2D eigenvalue weighted by atomic mass is 32.2. The average molecular weight is 309 g/mol. The van der Waals surface area contributed by atoms with E-state index in [0.29, 0.717) is 31.7 Å². The van der Waals surface area contributed by atoms with E-state index >= 15 is 0 Å². The Morgan fingerprint density at radius 2 is 2.05 bits per heavy atom. The van der Waals surface area contributed by atoms with E-state index in [0.717, 1.165) is 4.90 Å². The first-order valence-electron chi connectivity index (χ1n) is 7.15. The molecule has 0 heterocycles. The Morgan fingerprint density at radius 1 is 1.29 bits per heavy atom. The second-order valence-electron chi connectivity index (χ2n) is 4.82. The second-order valence-corrected chi connectivity index (χ2v) is 5.83. The van der Waals surface area contributed by atoms with E-state index in [1.807, 2.05) is 19.1 Å². The molecule has 0 atom stereocenters. The second kappa shape index (κ2) is 9.45. The van der Waals surface area contributed by atoms with E-state index in [9.17, 15) is 9.59 Å². The van der Waals surface area contributed by atoms with Crippen molar-refractivity contribution in [3.63, 3.8) is 0 Å². The largest absolute Gasteiger partial charge is 0.466 e. The molecule has 116 valence electrons. The first-order valence-corrected chi connectivity index (χ1v) is 8.14. The van der Waals surface area contributed by atoms with Crippen LogP contribution in [-0.4, -0.2) is 30.8 Å². The summed E-state index contributed by atoms with van der Waals surface area (Å²) in [5.41, 5.74) is 2.41. The summed E-state index contributed by atoms with van der Waals surface area (Å²) in [4.78, 5) is 24.0. The fraction of sp³-hybridized carbons (Fsp3) is 0.500. The van der Waals surface area contributed by atoms with Gasteiger partial charge in [0, 0.05) is 17.9 Å². The Morgan fingerprint density at radius 3 is 2.71 bits per heavy atom. The molecule has 0 saturated carbocycles. The van der Waals surface area contributed by atoms with Gasteiger partial charge in [-0.25, -0.2) is 0 Å². The molecule has 5 heteroatoms. The number of hydrogen-bond donors (Lipinski definition) is 1. The van der Waals surface area contributed by atoms with Crippen molar-refractivity contribution in [3.05, 3.63) is 29.3 Å². The van der Waals surface area contributed by atoms with Gasteiger partial charge in [-0.05, 0) is 38.8 Å². The lowest BCUT2D eigenvalue weighted by molar-refractivity contribution is -0.143. The molecule has 0 spiro atoms. The quantitative estimate of drug-likeness (QED) is 0.456. The molecule has 0 aliphatic heterocycles. The molecule has 21 heavy (non-hydrogen) atoms. The predicted octanol–water partition coefficient (Wildman–Crippen LogP) is 2.86. The molecule has 0 aliphatic carbocycles. The van der Waals surface area contributed by atoms with Crippen LogP contribution in [0.25, 0.3) is 0 Å². The minimum atomic E-state index is -0.212. The average Bonchev–Trinajstić information content (AvgIpc) is 2.43.